The largest absolute Gasteiger partial charge is 0.506 e. The van der Waals surface area contributed by atoms with Gasteiger partial charge in [0.25, 0.3) is 5.91 Å². The zero-order valence-electron chi connectivity index (χ0n) is 16.8. The molecule has 0 atom stereocenters. The molecule has 2 aliphatic rings. The predicted octanol–water partition coefficient (Wildman–Crippen LogP) is 0.864. The third-order valence-electron chi connectivity index (χ3n) is 4.94. The Hall–Kier alpha value is -3.12. The van der Waals surface area contributed by atoms with E-state index in [4.69, 9.17) is 4.74 Å². The number of amides is 1. The van der Waals surface area contributed by atoms with Gasteiger partial charge >= 0.3 is 10.2 Å². The number of benzene rings is 1. The van der Waals surface area contributed by atoms with Crippen molar-refractivity contribution in [1.82, 2.24) is 9.71 Å². The molecule has 2 aromatic rings. The Labute approximate surface area is 178 Å². The van der Waals surface area contributed by atoms with Crippen LogP contribution >= 0.6 is 0 Å². The molecule has 166 valence electrons. The molecule has 3 heterocycles. The van der Waals surface area contributed by atoms with Crippen LogP contribution in [0.25, 0.3) is 0 Å². The molecule has 2 saturated heterocycles. The van der Waals surface area contributed by atoms with Gasteiger partial charge in [0.1, 0.15) is 29.6 Å². The average Bonchev–Trinajstić information content (AvgIpc) is 2.98. The van der Waals surface area contributed by atoms with Gasteiger partial charge in [0.05, 0.1) is 13.2 Å². The molecular formula is C19H22FN5O5S. The molecule has 4 rings (SSSR count). The van der Waals surface area contributed by atoms with Crippen LogP contribution in [0.5, 0.6) is 5.75 Å². The number of morpholine rings is 1. The van der Waals surface area contributed by atoms with Crippen molar-refractivity contribution in [2.75, 3.05) is 47.4 Å². The Morgan fingerprint density at radius 1 is 1.26 bits per heavy atom. The number of anilines is 3. The first kappa shape index (κ1) is 21.1. The van der Waals surface area contributed by atoms with Gasteiger partial charge in [0.15, 0.2) is 5.82 Å². The summed E-state index contributed by atoms with van der Waals surface area (Å²) in [6.45, 7) is 4.26. The molecule has 0 unspecified atom stereocenters. The SMILES string of the molecule is Cc1cc(NCc2cc(O)c(N3CC(=O)NS3(=O)=O)c(F)c2)nc(N2CCOCC2)c1. The highest BCUT2D eigenvalue weighted by Crippen LogP contribution is 2.34. The van der Waals surface area contributed by atoms with Crippen LogP contribution in [0, 0.1) is 12.7 Å². The van der Waals surface area contributed by atoms with Gasteiger partial charge in [-0.05, 0) is 42.3 Å². The van der Waals surface area contributed by atoms with Gasteiger partial charge in [-0.2, -0.15) is 8.42 Å². The second-order valence-corrected chi connectivity index (χ2v) is 8.92. The van der Waals surface area contributed by atoms with Gasteiger partial charge in [0.2, 0.25) is 0 Å². The number of hydrogen-bond acceptors (Lipinski definition) is 8. The number of rotatable bonds is 5. The summed E-state index contributed by atoms with van der Waals surface area (Å²) in [7, 11) is -4.23. The van der Waals surface area contributed by atoms with Crippen LogP contribution in [0.2, 0.25) is 0 Å². The summed E-state index contributed by atoms with van der Waals surface area (Å²) >= 11 is 0. The summed E-state index contributed by atoms with van der Waals surface area (Å²) in [5.41, 5.74) is 0.816. The van der Waals surface area contributed by atoms with E-state index in [1.165, 1.54) is 6.07 Å². The van der Waals surface area contributed by atoms with Crippen LogP contribution in [0.1, 0.15) is 11.1 Å². The summed E-state index contributed by atoms with van der Waals surface area (Å²) in [6, 6.07) is 6.19. The number of aromatic hydroxyl groups is 1. The van der Waals surface area contributed by atoms with E-state index in [-0.39, 0.29) is 6.54 Å². The zero-order valence-corrected chi connectivity index (χ0v) is 17.6. The molecule has 31 heavy (non-hydrogen) atoms. The molecule has 0 bridgehead atoms. The number of pyridine rings is 1. The molecule has 1 aromatic carbocycles. The van der Waals surface area contributed by atoms with Crippen LogP contribution in [0.4, 0.5) is 21.7 Å². The Bertz CT molecular complexity index is 1100. The van der Waals surface area contributed by atoms with Crippen LogP contribution in [-0.4, -0.2) is 57.3 Å². The lowest BCUT2D eigenvalue weighted by Gasteiger charge is -2.28. The quantitative estimate of drug-likeness (QED) is 0.612. The highest BCUT2D eigenvalue weighted by Gasteiger charge is 2.37. The average molecular weight is 451 g/mol. The number of phenolic OH excluding ortho intramolecular Hbond substituents is 1. The van der Waals surface area contributed by atoms with E-state index in [1.54, 1.807) is 4.72 Å². The van der Waals surface area contributed by atoms with Crippen LogP contribution in [-0.2, 0) is 26.3 Å². The molecule has 0 saturated carbocycles. The standard InChI is InChI=1S/C19H22FN5O5S/c1-12-6-16(22-17(7-12)24-2-4-30-5-3-24)21-10-13-8-14(20)19(15(26)9-13)25-11-18(27)23-31(25,28)29/h6-9,26H,2-5,10-11H2,1H3,(H,21,22)(H,23,27). The number of nitrogens with one attached hydrogen (secondary N) is 2. The highest BCUT2D eigenvalue weighted by atomic mass is 32.2. The number of halogens is 1. The first-order valence-electron chi connectivity index (χ1n) is 9.63. The summed E-state index contributed by atoms with van der Waals surface area (Å²) < 4.78 is 46.2. The fourth-order valence-electron chi connectivity index (χ4n) is 3.52. The van der Waals surface area contributed by atoms with Crippen LogP contribution in [0.15, 0.2) is 24.3 Å². The van der Waals surface area contributed by atoms with E-state index in [9.17, 15) is 22.7 Å². The van der Waals surface area contributed by atoms with Crippen molar-refractivity contribution in [2.24, 2.45) is 0 Å². The zero-order chi connectivity index (χ0) is 22.2. The first-order chi connectivity index (χ1) is 14.7. The summed E-state index contributed by atoms with van der Waals surface area (Å²) in [5, 5.41) is 13.4. The van der Waals surface area contributed by atoms with Gasteiger partial charge in [-0.3, -0.25) is 4.79 Å². The van der Waals surface area contributed by atoms with Crippen molar-refractivity contribution in [3.8, 4) is 5.75 Å². The molecule has 0 aliphatic carbocycles. The monoisotopic (exact) mass is 451 g/mol. The predicted molar refractivity (Wildman–Crippen MR) is 112 cm³/mol. The van der Waals surface area contributed by atoms with Crippen molar-refractivity contribution >= 4 is 33.4 Å². The maximum absolute atomic E-state index is 14.7. The van der Waals surface area contributed by atoms with E-state index in [2.05, 4.69) is 15.2 Å². The molecule has 10 nitrogen and oxygen atoms in total. The fourth-order valence-corrected chi connectivity index (χ4v) is 4.69. The van der Waals surface area contributed by atoms with Crippen molar-refractivity contribution in [3.05, 3.63) is 41.2 Å². The minimum atomic E-state index is -4.23. The van der Waals surface area contributed by atoms with Crippen molar-refractivity contribution in [1.29, 1.82) is 0 Å². The normalized spacial score (nSPS) is 18.2. The number of aryl methyl sites for hydroxylation is 1. The highest BCUT2D eigenvalue weighted by molar-refractivity contribution is 7.92. The number of phenols is 1. The lowest BCUT2D eigenvalue weighted by molar-refractivity contribution is -0.117. The Morgan fingerprint density at radius 2 is 2.00 bits per heavy atom. The molecule has 0 radical (unpaired) electrons. The molecule has 12 heteroatoms. The minimum absolute atomic E-state index is 0.147. The van der Waals surface area contributed by atoms with E-state index < -0.39 is 39.9 Å². The lowest BCUT2D eigenvalue weighted by atomic mass is 10.1. The van der Waals surface area contributed by atoms with Crippen LogP contribution in [0.3, 0.4) is 0 Å². The number of hydrogen-bond donors (Lipinski definition) is 3. The van der Waals surface area contributed by atoms with Gasteiger partial charge in [-0.25, -0.2) is 18.4 Å². The first-order valence-corrected chi connectivity index (χ1v) is 11.1. The number of carbonyl (C=O) groups excluding carboxylic acids is 1. The molecular weight excluding hydrogens is 429 g/mol. The minimum Gasteiger partial charge on any atom is -0.506 e. The molecule has 2 aliphatic heterocycles. The molecule has 3 N–H and O–H groups in total. The summed E-state index contributed by atoms with van der Waals surface area (Å²) in [5.74, 6) is -0.939. The third-order valence-corrected chi connectivity index (χ3v) is 6.32. The second kappa shape index (κ2) is 8.19. The number of aromatic nitrogens is 1. The van der Waals surface area contributed by atoms with Crippen molar-refractivity contribution < 1.29 is 27.4 Å². The number of nitrogens with zero attached hydrogens (tertiary/aromatic N) is 3. The Kier molecular flexibility index (Phi) is 5.58. The molecule has 1 aromatic heterocycles. The topological polar surface area (TPSA) is 124 Å². The smallest absolute Gasteiger partial charge is 0.326 e. The van der Waals surface area contributed by atoms with Gasteiger partial charge < -0.3 is 20.1 Å². The molecule has 2 fully saturated rings. The molecule has 1 amide bonds. The Morgan fingerprint density at radius 3 is 2.65 bits per heavy atom. The van der Waals surface area contributed by atoms with E-state index >= 15 is 0 Å². The Balaban J connectivity index is 1.52. The summed E-state index contributed by atoms with van der Waals surface area (Å²) in [6.07, 6.45) is 0. The van der Waals surface area contributed by atoms with Crippen LogP contribution < -0.4 is 19.2 Å². The van der Waals surface area contributed by atoms with Crippen molar-refractivity contribution in [2.45, 2.75) is 13.5 Å². The van der Waals surface area contributed by atoms with E-state index in [0.29, 0.717) is 28.9 Å². The van der Waals surface area contributed by atoms with Crippen molar-refractivity contribution in [3.63, 3.8) is 0 Å². The van der Waals surface area contributed by atoms with E-state index in [0.717, 1.165) is 30.5 Å². The number of carbonyl (C=O) groups is 1. The fraction of sp³-hybridized carbons (Fsp3) is 0.368. The molecule has 0 spiro atoms. The van der Waals surface area contributed by atoms with E-state index in [1.807, 2.05) is 19.1 Å². The summed E-state index contributed by atoms with van der Waals surface area (Å²) in [4.78, 5) is 18.1. The maximum Gasteiger partial charge on any atom is 0.326 e. The third kappa shape index (κ3) is 4.49. The second-order valence-electron chi connectivity index (χ2n) is 7.32. The lowest BCUT2D eigenvalue weighted by Crippen LogP contribution is -2.36. The van der Waals surface area contributed by atoms with Gasteiger partial charge in [-0.15, -0.1) is 0 Å². The number of ether oxygens (including phenoxy) is 1. The maximum atomic E-state index is 14.7. The van der Waals surface area contributed by atoms with Gasteiger partial charge in [-0.1, -0.05) is 0 Å². The van der Waals surface area contributed by atoms with Gasteiger partial charge in [0, 0.05) is 19.6 Å².